The van der Waals surface area contributed by atoms with Gasteiger partial charge in [0.2, 0.25) is 5.91 Å². The molecule has 11 heteroatoms. The highest BCUT2D eigenvalue weighted by Gasteiger charge is 2.37. The molecule has 1 amide bonds. The van der Waals surface area contributed by atoms with Crippen LogP contribution in [0.5, 0.6) is 5.75 Å². The fourth-order valence-corrected chi connectivity index (χ4v) is 2.69. The van der Waals surface area contributed by atoms with Crippen LogP contribution in [0.2, 0.25) is 0 Å². The molecule has 136 valence electrons. The topological polar surface area (TPSA) is 81.4 Å². The molecule has 0 fully saturated rings. The molecule has 0 saturated heterocycles. The lowest BCUT2D eigenvalue weighted by atomic mass is 10.3. The Labute approximate surface area is 149 Å². The molecular weight excluding hydrogens is 371 g/mol. The molecule has 0 aliphatic carbocycles. The highest BCUT2D eigenvalue weighted by Crippen LogP contribution is 2.28. The Kier molecular flexibility index (Phi) is 4.98. The Hall–Kier alpha value is -2.82. The zero-order valence-electron chi connectivity index (χ0n) is 13.3. The minimum Gasteiger partial charge on any atom is -0.497 e. The normalized spacial score (nSPS) is 11.5. The molecule has 0 spiro atoms. The quantitative estimate of drug-likeness (QED) is 0.683. The number of aromatic nitrogens is 4. The number of carbonyl (C=O) groups excluding carboxylic acids is 1. The van der Waals surface area contributed by atoms with Crippen molar-refractivity contribution in [2.24, 2.45) is 0 Å². The maximum atomic E-state index is 12.9. The number of nitrogens with zero attached hydrogens (tertiary/aromatic N) is 4. The van der Waals surface area contributed by atoms with Crippen LogP contribution in [0, 0.1) is 0 Å². The first-order valence-corrected chi connectivity index (χ1v) is 8.22. The molecule has 26 heavy (non-hydrogen) atoms. The molecule has 0 saturated carbocycles. The molecule has 7 nitrogen and oxygen atoms in total. The number of nitrogens with one attached hydrogen (secondary N) is 1. The SMILES string of the molecule is COc1ccc(NC(=O)CSc2ccc3nnc(C(F)(F)F)n3n2)cc1. The molecule has 2 aromatic heterocycles. The predicted molar refractivity (Wildman–Crippen MR) is 88.1 cm³/mol. The van der Waals surface area contributed by atoms with Crippen molar-refractivity contribution in [2.75, 3.05) is 18.2 Å². The second-order valence-corrected chi connectivity index (χ2v) is 6.02. The van der Waals surface area contributed by atoms with Crippen LogP contribution < -0.4 is 10.1 Å². The molecule has 0 aliphatic heterocycles. The fraction of sp³-hybridized carbons (Fsp3) is 0.200. The van der Waals surface area contributed by atoms with Crippen molar-refractivity contribution < 1.29 is 22.7 Å². The molecular formula is C15H12F3N5O2S. The van der Waals surface area contributed by atoms with Crippen molar-refractivity contribution in [3.8, 4) is 5.75 Å². The zero-order valence-corrected chi connectivity index (χ0v) is 14.1. The Bertz CT molecular complexity index is 927. The summed E-state index contributed by atoms with van der Waals surface area (Å²) in [6.07, 6.45) is -4.67. The lowest BCUT2D eigenvalue weighted by molar-refractivity contribution is -0.146. The summed E-state index contributed by atoms with van der Waals surface area (Å²) in [6, 6.07) is 9.59. The van der Waals surface area contributed by atoms with Crippen LogP contribution in [0.4, 0.5) is 18.9 Å². The number of thioether (sulfide) groups is 1. The molecule has 0 aliphatic rings. The number of anilines is 1. The van der Waals surface area contributed by atoms with E-state index in [1.807, 2.05) is 0 Å². The number of fused-ring (bicyclic) bond motifs is 1. The van der Waals surface area contributed by atoms with Crippen LogP contribution in [0.3, 0.4) is 0 Å². The summed E-state index contributed by atoms with van der Waals surface area (Å²) in [6.45, 7) is 0. The van der Waals surface area contributed by atoms with E-state index >= 15 is 0 Å². The van der Waals surface area contributed by atoms with Gasteiger partial charge in [-0.3, -0.25) is 4.79 Å². The van der Waals surface area contributed by atoms with Gasteiger partial charge in [0, 0.05) is 5.69 Å². The number of alkyl halides is 3. The van der Waals surface area contributed by atoms with Gasteiger partial charge in [-0.1, -0.05) is 11.8 Å². The van der Waals surface area contributed by atoms with Crippen molar-refractivity contribution in [2.45, 2.75) is 11.2 Å². The minimum atomic E-state index is -4.67. The number of carbonyl (C=O) groups is 1. The van der Waals surface area contributed by atoms with Gasteiger partial charge in [0.05, 0.1) is 12.9 Å². The predicted octanol–water partition coefficient (Wildman–Crippen LogP) is 2.88. The van der Waals surface area contributed by atoms with Gasteiger partial charge in [0.1, 0.15) is 10.8 Å². The van der Waals surface area contributed by atoms with Gasteiger partial charge in [-0.25, -0.2) is 0 Å². The van der Waals surface area contributed by atoms with Crippen molar-refractivity contribution in [1.29, 1.82) is 0 Å². The average Bonchev–Trinajstić information content (AvgIpc) is 3.04. The summed E-state index contributed by atoms with van der Waals surface area (Å²) in [7, 11) is 1.54. The van der Waals surface area contributed by atoms with Crippen LogP contribution in [-0.4, -0.2) is 38.6 Å². The van der Waals surface area contributed by atoms with E-state index in [0.717, 1.165) is 11.8 Å². The maximum Gasteiger partial charge on any atom is 0.453 e. The number of benzene rings is 1. The number of methoxy groups -OCH3 is 1. The van der Waals surface area contributed by atoms with Gasteiger partial charge in [-0.05, 0) is 36.4 Å². The third-order valence-corrected chi connectivity index (χ3v) is 4.14. The first kappa shape index (κ1) is 18.0. The lowest BCUT2D eigenvalue weighted by Gasteiger charge is -2.07. The summed E-state index contributed by atoms with van der Waals surface area (Å²) in [4.78, 5) is 12.0. The summed E-state index contributed by atoms with van der Waals surface area (Å²) in [5, 5.41) is 13.3. The van der Waals surface area contributed by atoms with Crippen LogP contribution in [0.25, 0.3) is 5.65 Å². The third kappa shape index (κ3) is 4.04. The number of ether oxygens (including phenoxy) is 1. The Morgan fingerprint density at radius 2 is 1.92 bits per heavy atom. The molecule has 3 aromatic rings. The summed E-state index contributed by atoms with van der Waals surface area (Å²) < 4.78 is 44.2. The second kappa shape index (κ2) is 7.20. The molecule has 0 bridgehead atoms. The third-order valence-electron chi connectivity index (χ3n) is 3.22. The first-order chi connectivity index (χ1) is 12.4. The van der Waals surface area contributed by atoms with E-state index in [0.29, 0.717) is 16.0 Å². The Morgan fingerprint density at radius 1 is 1.19 bits per heavy atom. The van der Waals surface area contributed by atoms with E-state index in [1.165, 1.54) is 19.2 Å². The first-order valence-electron chi connectivity index (χ1n) is 7.23. The van der Waals surface area contributed by atoms with Crippen LogP contribution in [0.1, 0.15) is 5.82 Å². The Balaban J connectivity index is 1.66. The second-order valence-electron chi connectivity index (χ2n) is 5.03. The van der Waals surface area contributed by atoms with E-state index in [2.05, 4.69) is 20.6 Å². The van der Waals surface area contributed by atoms with Gasteiger partial charge in [-0.2, -0.15) is 22.8 Å². The highest BCUT2D eigenvalue weighted by atomic mass is 32.2. The molecule has 3 rings (SSSR count). The summed E-state index contributed by atoms with van der Waals surface area (Å²) in [5.41, 5.74) is 0.558. The largest absolute Gasteiger partial charge is 0.497 e. The molecule has 2 heterocycles. The van der Waals surface area contributed by atoms with Crippen LogP contribution in [-0.2, 0) is 11.0 Å². The highest BCUT2D eigenvalue weighted by molar-refractivity contribution is 7.99. The van der Waals surface area contributed by atoms with Gasteiger partial charge < -0.3 is 10.1 Å². The fourth-order valence-electron chi connectivity index (χ4n) is 2.04. The summed E-state index contributed by atoms with van der Waals surface area (Å²) in [5.74, 6) is -0.891. The van der Waals surface area contributed by atoms with Gasteiger partial charge in [-0.15, -0.1) is 10.2 Å². The van der Waals surface area contributed by atoms with E-state index < -0.39 is 12.0 Å². The van der Waals surface area contributed by atoms with Gasteiger partial charge >= 0.3 is 6.18 Å². The minimum absolute atomic E-state index is 0.0198. The molecule has 0 unspecified atom stereocenters. The zero-order chi connectivity index (χ0) is 18.7. The number of rotatable bonds is 5. The lowest BCUT2D eigenvalue weighted by Crippen LogP contribution is -2.15. The van der Waals surface area contributed by atoms with E-state index in [-0.39, 0.29) is 22.3 Å². The summed E-state index contributed by atoms with van der Waals surface area (Å²) >= 11 is 1.00. The maximum absolute atomic E-state index is 12.9. The Morgan fingerprint density at radius 3 is 2.58 bits per heavy atom. The van der Waals surface area contributed by atoms with Crippen molar-refractivity contribution in [1.82, 2.24) is 19.8 Å². The van der Waals surface area contributed by atoms with Gasteiger partial charge in [0.25, 0.3) is 5.82 Å². The monoisotopic (exact) mass is 383 g/mol. The molecule has 1 aromatic carbocycles. The average molecular weight is 383 g/mol. The van der Waals surface area contributed by atoms with Crippen LogP contribution in [0.15, 0.2) is 41.4 Å². The number of amides is 1. The van der Waals surface area contributed by atoms with E-state index in [9.17, 15) is 18.0 Å². The van der Waals surface area contributed by atoms with Gasteiger partial charge in [0.15, 0.2) is 5.65 Å². The standard InChI is InChI=1S/C15H12F3N5O2S/c1-25-10-4-2-9(3-5-10)19-12(24)8-26-13-7-6-11-20-21-14(15(16,17)18)23(11)22-13/h2-7H,8H2,1H3,(H,19,24). The van der Waals surface area contributed by atoms with Crippen molar-refractivity contribution in [3.63, 3.8) is 0 Å². The smallest absolute Gasteiger partial charge is 0.453 e. The molecule has 1 N–H and O–H groups in total. The van der Waals surface area contributed by atoms with Crippen molar-refractivity contribution >= 4 is 29.0 Å². The van der Waals surface area contributed by atoms with E-state index in [4.69, 9.17) is 4.74 Å². The number of hydrogen-bond acceptors (Lipinski definition) is 6. The number of halogens is 3. The van der Waals surface area contributed by atoms with E-state index in [1.54, 1.807) is 24.3 Å². The molecule has 0 radical (unpaired) electrons. The number of hydrogen-bond donors (Lipinski definition) is 1. The van der Waals surface area contributed by atoms with Crippen molar-refractivity contribution in [3.05, 3.63) is 42.2 Å². The molecule has 0 atom stereocenters. The van der Waals surface area contributed by atoms with Crippen LogP contribution >= 0.6 is 11.8 Å².